The molecule has 1 unspecified atom stereocenters. The van der Waals surface area contributed by atoms with Gasteiger partial charge in [0.25, 0.3) is 0 Å². The zero-order chi connectivity index (χ0) is 34.6. The molecule has 0 saturated carbocycles. The summed E-state index contributed by atoms with van der Waals surface area (Å²) in [5, 5.41) is 47.3. The van der Waals surface area contributed by atoms with Crippen molar-refractivity contribution in [3.05, 3.63) is 48.5 Å². The number of hydrogen-bond donors (Lipinski definition) is 5. The SMILES string of the molecule is CCCCCCCCOc1ccc(-c2ccc(OCCCCOP3(OCO)=NP(OCO)(OCO)=NP(OCO)(OCO)=N3)cc2)cc1. The van der Waals surface area contributed by atoms with Gasteiger partial charge in [-0.25, -0.2) is 0 Å². The van der Waals surface area contributed by atoms with Crippen molar-refractivity contribution >= 4 is 23.0 Å². The van der Waals surface area contributed by atoms with Crippen molar-refractivity contribution < 1.29 is 62.1 Å². The third-order valence-corrected chi connectivity index (χ3v) is 14.9. The first kappa shape index (κ1) is 40.7. The van der Waals surface area contributed by atoms with Gasteiger partial charge in [-0.15, -0.1) is 13.5 Å². The summed E-state index contributed by atoms with van der Waals surface area (Å²) in [4.78, 5) is 0. The number of aliphatic hydroxyl groups is 5. The van der Waals surface area contributed by atoms with Gasteiger partial charge < -0.3 is 39.5 Å². The van der Waals surface area contributed by atoms with Crippen LogP contribution in [-0.2, 0) is 27.1 Å². The molecule has 0 bridgehead atoms. The minimum atomic E-state index is -3.97. The Hall–Kier alpha value is -1.71. The van der Waals surface area contributed by atoms with Crippen molar-refractivity contribution in [2.24, 2.45) is 13.5 Å². The number of unbranched alkanes of at least 4 members (excludes halogenated alkanes) is 6. The van der Waals surface area contributed by atoms with Crippen LogP contribution in [0.15, 0.2) is 62.1 Å². The molecular weight excluding hydrogens is 691 g/mol. The molecule has 16 nitrogen and oxygen atoms in total. The zero-order valence-corrected chi connectivity index (χ0v) is 29.8. The first-order valence-electron chi connectivity index (χ1n) is 15.7. The Bertz CT molecular complexity index is 1330. The van der Waals surface area contributed by atoms with E-state index in [4.69, 9.17) is 36.6 Å². The van der Waals surface area contributed by atoms with Gasteiger partial charge in [0.05, 0.1) is 19.8 Å². The lowest BCUT2D eigenvalue weighted by Crippen LogP contribution is -2.07. The molecule has 19 heteroatoms. The lowest BCUT2D eigenvalue weighted by Gasteiger charge is -2.31. The van der Waals surface area contributed by atoms with Crippen LogP contribution in [0.4, 0.5) is 0 Å². The molecule has 3 rings (SSSR count). The summed E-state index contributed by atoms with van der Waals surface area (Å²) in [6.45, 7) is -1.39. The van der Waals surface area contributed by atoms with Crippen molar-refractivity contribution in [3.8, 4) is 22.6 Å². The fraction of sp³-hybridized carbons (Fsp3) is 0.586. The lowest BCUT2D eigenvalue weighted by molar-refractivity contribution is 0.0461. The van der Waals surface area contributed by atoms with Gasteiger partial charge in [-0.3, -0.25) is 22.6 Å². The molecule has 2 aromatic rings. The summed E-state index contributed by atoms with van der Waals surface area (Å²) >= 11 is 0. The highest BCUT2D eigenvalue weighted by Gasteiger charge is 2.43. The smallest absolute Gasteiger partial charge is 0.353 e. The topological polar surface area (TPSA) is 212 Å². The largest absolute Gasteiger partial charge is 0.494 e. The van der Waals surface area contributed by atoms with Crippen LogP contribution >= 0.6 is 23.0 Å². The van der Waals surface area contributed by atoms with Crippen LogP contribution in [0.2, 0.25) is 0 Å². The van der Waals surface area contributed by atoms with E-state index in [0.717, 1.165) is 29.9 Å². The van der Waals surface area contributed by atoms with Crippen LogP contribution in [0.3, 0.4) is 0 Å². The number of benzene rings is 2. The Morgan fingerprint density at radius 1 is 0.438 bits per heavy atom. The highest BCUT2D eigenvalue weighted by atomic mass is 31.3. The Morgan fingerprint density at radius 2 is 0.771 bits per heavy atom. The van der Waals surface area contributed by atoms with E-state index in [9.17, 15) is 25.5 Å². The summed E-state index contributed by atoms with van der Waals surface area (Å²) in [5.74, 6) is 1.56. The van der Waals surface area contributed by atoms with Gasteiger partial charge in [0, 0.05) is 0 Å². The van der Waals surface area contributed by atoms with Crippen LogP contribution < -0.4 is 9.47 Å². The minimum Gasteiger partial charge on any atom is -0.494 e. The Morgan fingerprint density at radius 3 is 1.17 bits per heavy atom. The van der Waals surface area contributed by atoms with Crippen molar-refractivity contribution in [2.45, 2.75) is 58.3 Å². The second kappa shape index (κ2) is 22.2. The molecule has 1 aliphatic heterocycles. The molecule has 2 aromatic carbocycles. The molecule has 5 N–H and O–H groups in total. The number of nitrogens with zero attached hydrogens (tertiary/aromatic N) is 3. The maximum absolute atomic E-state index is 9.60. The molecular formula is C29H48N3O13P3. The highest BCUT2D eigenvalue weighted by Crippen LogP contribution is 2.80. The molecule has 1 heterocycles. The predicted molar refractivity (Wildman–Crippen MR) is 180 cm³/mol. The summed E-state index contributed by atoms with van der Waals surface area (Å²) in [7, 11) is -11.8. The van der Waals surface area contributed by atoms with E-state index in [2.05, 4.69) is 20.5 Å². The van der Waals surface area contributed by atoms with Crippen LogP contribution in [0.5, 0.6) is 11.5 Å². The maximum Gasteiger partial charge on any atom is 0.353 e. The van der Waals surface area contributed by atoms with E-state index in [-0.39, 0.29) is 6.61 Å². The van der Waals surface area contributed by atoms with Crippen molar-refractivity contribution in [3.63, 3.8) is 0 Å². The van der Waals surface area contributed by atoms with Crippen molar-refractivity contribution in [1.29, 1.82) is 0 Å². The Labute approximate surface area is 281 Å². The van der Waals surface area contributed by atoms with Gasteiger partial charge >= 0.3 is 23.0 Å². The molecule has 1 aliphatic rings. The highest BCUT2D eigenvalue weighted by molar-refractivity contribution is 7.78. The van der Waals surface area contributed by atoms with E-state index < -0.39 is 56.9 Å². The Kier molecular flexibility index (Phi) is 18.8. The number of ether oxygens (including phenoxy) is 2. The number of aliphatic hydroxyl groups excluding tert-OH is 5. The summed E-state index contributed by atoms with van der Waals surface area (Å²) in [5.41, 5.74) is 2.12. The third-order valence-electron chi connectivity index (χ3n) is 6.68. The van der Waals surface area contributed by atoms with Crippen LogP contribution in [0, 0.1) is 0 Å². The van der Waals surface area contributed by atoms with E-state index in [1.807, 2.05) is 48.5 Å². The molecule has 48 heavy (non-hydrogen) atoms. The maximum atomic E-state index is 9.60. The number of hydrogen-bond acceptors (Lipinski definition) is 16. The first-order valence-corrected chi connectivity index (χ1v) is 20.3. The van der Waals surface area contributed by atoms with E-state index in [0.29, 0.717) is 25.2 Å². The second-order valence-corrected chi connectivity index (χ2v) is 16.7. The minimum absolute atomic E-state index is 0.00174. The van der Waals surface area contributed by atoms with E-state index in [1.165, 1.54) is 32.1 Å². The molecule has 0 aliphatic carbocycles. The molecule has 0 saturated heterocycles. The van der Waals surface area contributed by atoms with Crippen LogP contribution in [0.25, 0.3) is 11.1 Å². The average molecular weight is 740 g/mol. The fourth-order valence-electron chi connectivity index (χ4n) is 4.42. The fourth-order valence-corrected chi connectivity index (χ4v) is 13.1. The monoisotopic (exact) mass is 739 g/mol. The molecule has 272 valence electrons. The molecule has 0 radical (unpaired) electrons. The molecule has 1 atom stereocenters. The predicted octanol–water partition coefficient (Wildman–Crippen LogP) is 6.95. The van der Waals surface area contributed by atoms with Gasteiger partial charge in [-0.1, -0.05) is 63.3 Å². The zero-order valence-electron chi connectivity index (χ0n) is 27.1. The van der Waals surface area contributed by atoms with Crippen LogP contribution in [-0.4, -0.2) is 79.3 Å². The average Bonchev–Trinajstić information content (AvgIpc) is 3.07. The summed E-state index contributed by atoms with van der Waals surface area (Å²) in [6, 6.07) is 15.8. The molecule has 0 amide bonds. The van der Waals surface area contributed by atoms with E-state index >= 15 is 0 Å². The van der Waals surface area contributed by atoms with Crippen LogP contribution in [0.1, 0.15) is 58.3 Å². The molecule has 0 aromatic heterocycles. The van der Waals surface area contributed by atoms with Gasteiger partial charge in [0.2, 0.25) is 0 Å². The summed E-state index contributed by atoms with van der Waals surface area (Å²) in [6.07, 6.45) is 8.35. The lowest BCUT2D eigenvalue weighted by atomic mass is 10.1. The van der Waals surface area contributed by atoms with Gasteiger partial charge in [0.1, 0.15) is 11.5 Å². The Balaban J connectivity index is 1.52. The summed E-state index contributed by atoms with van der Waals surface area (Å²) < 4.78 is 56.1. The molecule has 0 spiro atoms. The van der Waals surface area contributed by atoms with Gasteiger partial charge in [-0.2, -0.15) is 0 Å². The quantitative estimate of drug-likeness (QED) is 0.0376. The second-order valence-electron chi connectivity index (χ2n) is 10.1. The normalized spacial score (nSPS) is 18.0. The first-order chi connectivity index (χ1) is 23.4. The van der Waals surface area contributed by atoms with Gasteiger partial charge in [0.15, 0.2) is 34.0 Å². The standard InChI is InChI=1S/C29H48N3O13P3/c1-2-3-4-5-6-7-18-38-28-14-10-26(11-15-28)27-12-16-29(17-13-27)39-19-8-9-20-40-46(41-21-33)30-47(42-22-34,43-23-35)32-48(31-46,44-24-36)45-25-37/h10-17,33-37H,2-9,18-25H2,1H3. The number of rotatable bonds is 26. The van der Waals surface area contributed by atoms with Crippen molar-refractivity contribution in [1.82, 2.24) is 0 Å². The van der Waals surface area contributed by atoms with Gasteiger partial charge in [-0.05, 0) is 54.7 Å². The van der Waals surface area contributed by atoms with Crippen molar-refractivity contribution in [2.75, 3.05) is 53.8 Å². The molecule has 0 fully saturated rings. The third kappa shape index (κ3) is 13.2. The van der Waals surface area contributed by atoms with E-state index in [1.54, 1.807) is 0 Å².